The van der Waals surface area contributed by atoms with Crippen LogP contribution in [0.15, 0.2) is 53.5 Å². The molecule has 26 heavy (non-hydrogen) atoms. The molecule has 132 valence electrons. The van der Waals surface area contributed by atoms with E-state index in [1.807, 2.05) is 0 Å². The van der Waals surface area contributed by atoms with E-state index >= 15 is 0 Å². The number of pyridine rings is 1. The van der Waals surface area contributed by atoms with E-state index in [2.05, 4.69) is 15.6 Å². The first-order valence-electron chi connectivity index (χ1n) is 7.90. The monoisotopic (exact) mass is 353 g/mol. The van der Waals surface area contributed by atoms with E-state index in [4.69, 9.17) is 0 Å². The van der Waals surface area contributed by atoms with Crippen LogP contribution in [-0.4, -0.2) is 23.3 Å². The third-order valence-electron chi connectivity index (χ3n) is 3.90. The highest BCUT2D eigenvalue weighted by molar-refractivity contribution is 6.00. The summed E-state index contributed by atoms with van der Waals surface area (Å²) in [5.74, 6) is -1.63. The first kappa shape index (κ1) is 17.3. The summed E-state index contributed by atoms with van der Waals surface area (Å²) in [4.78, 5) is 39.3. The summed E-state index contributed by atoms with van der Waals surface area (Å²) in [6.45, 7) is 1.27. The number of anilines is 1. The Morgan fingerprint density at radius 2 is 1.92 bits per heavy atom. The van der Waals surface area contributed by atoms with Gasteiger partial charge < -0.3 is 15.6 Å². The predicted octanol–water partition coefficient (Wildman–Crippen LogP) is 2.34. The van der Waals surface area contributed by atoms with E-state index < -0.39 is 23.1 Å². The minimum absolute atomic E-state index is 0.0853. The maximum absolute atomic E-state index is 13.5. The summed E-state index contributed by atoms with van der Waals surface area (Å²) < 4.78 is 13.5. The lowest BCUT2D eigenvalue weighted by molar-refractivity contribution is -0.115. The number of aromatic amines is 1. The minimum atomic E-state index is -0.665. The summed E-state index contributed by atoms with van der Waals surface area (Å²) in [7, 11) is 0. The number of hydrogen-bond acceptors (Lipinski definition) is 3. The topological polar surface area (TPSA) is 91.1 Å². The van der Waals surface area contributed by atoms with E-state index in [0.29, 0.717) is 16.5 Å². The summed E-state index contributed by atoms with van der Waals surface area (Å²) >= 11 is 0. The highest BCUT2D eigenvalue weighted by Crippen LogP contribution is 2.13. The van der Waals surface area contributed by atoms with E-state index in [-0.39, 0.29) is 17.8 Å². The Kier molecular flexibility index (Phi) is 4.79. The van der Waals surface area contributed by atoms with Gasteiger partial charge in [-0.25, -0.2) is 4.39 Å². The summed E-state index contributed by atoms with van der Waals surface area (Å²) in [5, 5.41) is 5.26. The number of para-hydroxylation sites is 1. The number of amides is 2. The summed E-state index contributed by atoms with van der Waals surface area (Å²) in [5.41, 5.74) is 0.867. The van der Waals surface area contributed by atoms with Gasteiger partial charge in [0.25, 0.3) is 5.91 Å². The zero-order valence-electron chi connectivity index (χ0n) is 13.9. The van der Waals surface area contributed by atoms with E-state index in [1.165, 1.54) is 18.3 Å². The number of aromatic nitrogens is 1. The van der Waals surface area contributed by atoms with Crippen LogP contribution in [0.1, 0.15) is 15.9 Å². The maximum atomic E-state index is 13.5. The fourth-order valence-corrected chi connectivity index (χ4v) is 2.47. The summed E-state index contributed by atoms with van der Waals surface area (Å²) in [6.07, 6.45) is 1.31. The Morgan fingerprint density at radius 1 is 1.15 bits per heavy atom. The lowest BCUT2D eigenvalue weighted by Crippen LogP contribution is -2.35. The first-order chi connectivity index (χ1) is 12.5. The SMILES string of the molecule is Cc1ccc(NC(=O)CNC(=O)c2c[nH]c3ccccc3c2=O)cc1F. The molecule has 0 unspecified atom stereocenters. The zero-order chi connectivity index (χ0) is 18.7. The van der Waals surface area contributed by atoms with Crippen LogP contribution in [0.5, 0.6) is 0 Å². The van der Waals surface area contributed by atoms with Gasteiger partial charge in [-0.1, -0.05) is 18.2 Å². The molecule has 6 nitrogen and oxygen atoms in total. The van der Waals surface area contributed by atoms with Crippen LogP contribution in [0.25, 0.3) is 10.9 Å². The number of benzene rings is 2. The van der Waals surface area contributed by atoms with Crippen molar-refractivity contribution in [3.63, 3.8) is 0 Å². The van der Waals surface area contributed by atoms with Gasteiger partial charge in [-0.3, -0.25) is 14.4 Å². The lowest BCUT2D eigenvalue weighted by atomic mass is 10.1. The van der Waals surface area contributed by atoms with Crippen molar-refractivity contribution in [2.24, 2.45) is 0 Å². The molecule has 0 aliphatic heterocycles. The molecule has 3 N–H and O–H groups in total. The number of halogens is 1. The molecule has 3 rings (SSSR count). The predicted molar refractivity (Wildman–Crippen MR) is 96.7 cm³/mol. The molecule has 0 aliphatic carbocycles. The van der Waals surface area contributed by atoms with Crippen LogP contribution < -0.4 is 16.1 Å². The maximum Gasteiger partial charge on any atom is 0.257 e. The molecular weight excluding hydrogens is 337 g/mol. The average Bonchev–Trinajstić information content (AvgIpc) is 2.63. The van der Waals surface area contributed by atoms with Crippen LogP contribution >= 0.6 is 0 Å². The fourth-order valence-electron chi connectivity index (χ4n) is 2.47. The number of nitrogens with one attached hydrogen (secondary N) is 3. The number of hydrogen-bond donors (Lipinski definition) is 3. The van der Waals surface area contributed by atoms with Gasteiger partial charge in [0.15, 0.2) is 0 Å². The van der Waals surface area contributed by atoms with E-state index in [1.54, 1.807) is 37.3 Å². The normalized spacial score (nSPS) is 10.5. The highest BCUT2D eigenvalue weighted by Gasteiger charge is 2.14. The van der Waals surface area contributed by atoms with Crippen LogP contribution in [-0.2, 0) is 4.79 Å². The van der Waals surface area contributed by atoms with Gasteiger partial charge in [-0.2, -0.15) is 0 Å². The molecule has 2 amide bonds. The number of carbonyl (C=O) groups excluding carboxylic acids is 2. The first-order valence-corrected chi connectivity index (χ1v) is 7.90. The van der Waals surface area contributed by atoms with Gasteiger partial charge in [0.2, 0.25) is 11.3 Å². The molecule has 0 saturated carbocycles. The Morgan fingerprint density at radius 3 is 2.69 bits per heavy atom. The van der Waals surface area contributed by atoms with E-state index in [0.717, 1.165) is 0 Å². The molecule has 0 atom stereocenters. The molecule has 0 bridgehead atoms. The molecule has 0 saturated heterocycles. The Labute approximate surface area is 148 Å². The van der Waals surface area contributed by atoms with Crippen molar-refractivity contribution in [2.45, 2.75) is 6.92 Å². The average molecular weight is 353 g/mol. The second kappa shape index (κ2) is 7.18. The van der Waals surface area contributed by atoms with Gasteiger partial charge in [0, 0.05) is 22.8 Å². The van der Waals surface area contributed by atoms with Crippen molar-refractivity contribution in [3.05, 3.63) is 75.8 Å². The third kappa shape index (κ3) is 3.61. The number of carbonyl (C=O) groups is 2. The van der Waals surface area contributed by atoms with Crippen molar-refractivity contribution < 1.29 is 14.0 Å². The zero-order valence-corrected chi connectivity index (χ0v) is 13.9. The summed E-state index contributed by atoms with van der Waals surface area (Å²) in [6, 6.07) is 11.1. The molecule has 7 heteroatoms. The Hall–Kier alpha value is -3.48. The third-order valence-corrected chi connectivity index (χ3v) is 3.90. The second-order valence-corrected chi connectivity index (χ2v) is 5.77. The van der Waals surface area contributed by atoms with Gasteiger partial charge in [-0.15, -0.1) is 0 Å². The van der Waals surface area contributed by atoms with Crippen molar-refractivity contribution in [1.29, 1.82) is 0 Å². The number of rotatable bonds is 4. The molecule has 2 aromatic carbocycles. The van der Waals surface area contributed by atoms with Crippen LogP contribution in [0.2, 0.25) is 0 Å². The molecule has 1 heterocycles. The number of fused-ring (bicyclic) bond motifs is 1. The van der Waals surface area contributed by atoms with Crippen molar-refractivity contribution in [2.75, 3.05) is 11.9 Å². The second-order valence-electron chi connectivity index (χ2n) is 5.77. The van der Waals surface area contributed by atoms with Gasteiger partial charge in [-0.05, 0) is 36.8 Å². The largest absolute Gasteiger partial charge is 0.360 e. The smallest absolute Gasteiger partial charge is 0.257 e. The van der Waals surface area contributed by atoms with Crippen LogP contribution in [0.4, 0.5) is 10.1 Å². The molecule has 1 aromatic heterocycles. The lowest BCUT2D eigenvalue weighted by Gasteiger charge is -2.08. The van der Waals surface area contributed by atoms with Gasteiger partial charge >= 0.3 is 0 Å². The minimum Gasteiger partial charge on any atom is -0.360 e. The number of aryl methyl sites for hydroxylation is 1. The van der Waals surface area contributed by atoms with E-state index in [9.17, 15) is 18.8 Å². The molecule has 0 aliphatic rings. The standard InChI is InChI=1S/C19H16FN3O3/c1-11-6-7-12(8-15(11)20)23-17(24)10-22-19(26)14-9-21-16-5-3-2-4-13(16)18(14)25/h2-9H,10H2,1H3,(H,21,25)(H,22,26)(H,23,24). The fraction of sp³-hybridized carbons (Fsp3) is 0.105. The molecule has 0 fully saturated rings. The van der Waals surface area contributed by atoms with Crippen LogP contribution in [0.3, 0.4) is 0 Å². The van der Waals surface area contributed by atoms with Crippen molar-refractivity contribution in [3.8, 4) is 0 Å². The number of H-pyrrole nitrogens is 1. The van der Waals surface area contributed by atoms with Gasteiger partial charge in [0.05, 0.1) is 6.54 Å². The Bertz CT molecular complexity index is 1060. The van der Waals surface area contributed by atoms with Crippen LogP contribution in [0, 0.1) is 12.7 Å². The molecule has 0 spiro atoms. The van der Waals surface area contributed by atoms with Crippen molar-refractivity contribution in [1.82, 2.24) is 10.3 Å². The van der Waals surface area contributed by atoms with Gasteiger partial charge in [0.1, 0.15) is 11.4 Å². The molecule has 0 radical (unpaired) electrons. The van der Waals surface area contributed by atoms with Crippen molar-refractivity contribution >= 4 is 28.4 Å². The molecule has 3 aromatic rings. The highest BCUT2D eigenvalue weighted by atomic mass is 19.1. The Balaban J connectivity index is 1.67. The quantitative estimate of drug-likeness (QED) is 0.672. The molecular formula is C19H16FN3O3.